The Morgan fingerprint density at radius 2 is 1.62 bits per heavy atom. The number of aliphatic carboxylic acids is 1. The summed E-state index contributed by atoms with van der Waals surface area (Å²) < 4.78 is 32.4. The number of carbonyl (C=O) groups excluding carboxylic acids is 2. The van der Waals surface area contributed by atoms with Crippen molar-refractivity contribution < 1.29 is 33.0 Å². The molecular formula is C25H26F2N2O5. The SMILES string of the molecule is O=C(O)CCC1CN(C(=O)CC(NC(=O)OCC2c3ccccc3-c3ccccc32)C(F)F)C1. The molecule has 0 spiro atoms. The zero-order valence-corrected chi connectivity index (χ0v) is 18.5. The summed E-state index contributed by atoms with van der Waals surface area (Å²) >= 11 is 0. The van der Waals surface area contributed by atoms with E-state index in [0.29, 0.717) is 19.5 Å². The number of ether oxygens (including phenoxy) is 1. The van der Waals surface area contributed by atoms with Crippen LogP contribution in [-0.4, -0.2) is 60.1 Å². The number of alkyl halides is 2. The minimum Gasteiger partial charge on any atom is -0.481 e. The molecule has 1 fully saturated rings. The van der Waals surface area contributed by atoms with Crippen molar-refractivity contribution in [2.45, 2.75) is 37.6 Å². The average molecular weight is 472 g/mol. The van der Waals surface area contributed by atoms with E-state index in [0.717, 1.165) is 22.3 Å². The molecule has 1 aliphatic carbocycles. The Labute approximate surface area is 195 Å². The molecule has 0 bridgehead atoms. The van der Waals surface area contributed by atoms with Crippen molar-refractivity contribution in [3.05, 3.63) is 59.7 Å². The molecule has 2 aliphatic rings. The first-order chi connectivity index (χ1) is 16.3. The molecule has 2 amide bonds. The fraction of sp³-hybridized carbons (Fsp3) is 0.400. The van der Waals surface area contributed by atoms with Crippen LogP contribution in [-0.2, 0) is 14.3 Å². The summed E-state index contributed by atoms with van der Waals surface area (Å²) in [5.41, 5.74) is 4.12. The van der Waals surface area contributed by atoms with Crippen LogP contribution in [0.4, 0.5) is 13.6 Å². The van der Waals surface area contributed by atoms with Crippen molar-refractivity contribution in [3.63, 3.8) is 0 Å². The second-order valence-electron chi connectivity index (χ2n) is 8.71. The highest BCUT2D eigenvalue weighted by atomic mass is 19.3. The van der Waals surface area contributed by atoms with Gasteiger partial charge in [-0.05, 0) is 34.6 Å². The summed E-state index contributed by atoms with van der Waals surface area (Å²) in [6.07, 6.45) is -4.03. The fourth-order valence-electron chi connectivity index (χ4n) is 4.60. The molecule has 1 heterocycles. The lowest BCUT2D eigenvalue weighted by Crippen LogP contribution is -2.52. The Morgan fingerprint density at radius 1 is 1.03 bits per heavy atom. The predicted molar refractivity (Wildman–Crippen MR) is 120 cm³/mol. The van der Waals surface area contributed by atoms with Crippen molar-refractivity contribution in [3.8, 4) is 11.1 Å². The number of halogens is 2. The van der Waals surface area contributed by atoms with Gasteiger partial charge in [-0.15, -0.1) is 0 Å². The Bertz CT molecular complexity index is 1030. The first kappa shape index (κ1) is 23.7. The number of carbonyl (C=O) groups is 3. The van der Waals surface area contributed by atoms with Gasteiger partial charge in [-0.3, -0.25) is 9.59 Å². The number of hydrogen-bond donors (Lipinski definition) is 2. The van der Waals surface area contributed by atoms with E-state index in [1.807, 2.05) is 48.5 Å². The summed E-state index contributed by atoms with van der Waals surface area (Å²) in [6.45, 7) is 0.668. The van der Waals surface area contributed by atoms with Gasteiger partial charge >= 0.3 is 12.1 Å². The first-order valence-electron chi connectivity index (χ1n) is 11.2. The van der Waals surface area contributed by atoms with Crippen LogP contribution in [0, 0.1) is 5.92 Å². The van der Waals surface area contributed by atoms with E-state index in [-0.39, 0.29) is 24.9 Å². The number of amides is 2. The maximum Gasteiger partial charge on any atom is 0.407 e. The average Bonchev–Trinajstić information content (AvgIpc) is 3.09. The van der Waals surface area contributed by atoms with Crippen LogP contribution in [0.25, 0.3) is 11.1 Å². The standard InChI is InChI=1S/C25H26F2N2O5/c26-24(27)21(11-22(30)29-12-15(13-29)9-10-23(31)32)28-25(33)34-14-20-18-7-3-1-5-16(18)17-6-2-4-8-19(17)20/h1-8,15,20-21,24H,9-14H2,(H,28,33)(H,31,32). The number of nitrogens with one attached hydrogen (secondary N) is 1. The molecule has 34 heavy (non-hydrogen) atoms. The lowest BCUT2D eigenvalue weighted by molar-refractivity contribution is -0.140. The highest BCUT2D eigenvalue weighted by Crippen LogP contribution is 2.44. The van der Waals surface area contributed by atoms with E-state index in [1.165, 1.54) is 4.90 Å². The molecule has 2 aromatic rings. The van der Waals surface area contributed by atoms with E-state index < -0.39 is 36.9 Å². The maximum atomic E-state index is 13.5. The number of nitrogens with zero attached hydrogens (tertiary/aromatic N) is 1. The van der Waals surface area contributed by atoms with E-state index in [9.17, 15) is 23.2 Å². The third-order valence-electron chi connectivity index (χ3n) is 6.42. The number of likely N-dealkylation sites (tertiary alicyclic amines) is 1. The van der Waals surface area contributed by atoms with Crippen molar-refractivity contribution in [2.24, 2.45) is 5.92 Å². The monoisotopic (exact) mass is 472 g/mol. The van der Waals surface area contributed by atoms with Gasteiger partial charge in [0.15, 0.2) is 0 Å². The highest BCUT2D eigenvalue weighted by Gasteiger charge is 2.35. The molecule has 0 saturated carbocycles. The van der Waals surface area contributed by atoms with Gasteiger partial charge in [0, 0.05) is 25.4 Å². The molecule has 1 unspecified atom stereocenters. The Kier molecular flexibility index (Phi) is 7.09. The second-order valence-corrected chi connectivity index (χ2v) is 8.71. The maximum absolute atomic E-state index is 13.5. The lowest BCUT2D eigenvalue weighted by atomic mass is 9.94. The molecule has 4 rings (SSSR count). The topological polar surface area (TPSA) is 95.9 Å². The van der Waals surface area contributed by atoms with Crippen molar-refractivity contribution >= 4 is 18.0 Å². The number of alkyl carbamates (subject to hydrolysis) is 1. The number of rotatable bonds is 9. The molecule has 2 N–H and O–H groups in total. The van der Waals surface area contributed by atoms with Gasteiger partial charge in [0.2, 0.25) is 5.91 Å². The fourth-order valence-corrected chi connectivity index (χ4v) is 4.60. The van der Waals surface area contributed by atoms with Gasteiger partial charge in [0.05, 0.1) is 6.42 Å². The second kappa shape index (κ2) is 10.2. The van der Waals surface area contributed by atoms with Gasteiger partial charge in [0.25, 0.3) is 6.43 Å². The van der Waals surface area contributed by atoms with Crippen molar-refractivity contribution in [1.82, 2.24) is 10.2 Å². The van der Waals surface area contributed by atoms with E-state index in [1.54, 1.807) is 0 Å². The van der Waals surface area contributed by atoms with Crippen LogP contribution in [0.1, 0.15) is 36.3 Å². The summed E-state index contributed by atoms with van der Waals surface area (Å²) in [6, 6.07) is 13.9. The zero-order valence-electron chi connectivity index (χ0n) is 18.5. The van der Waals surface area contributed by atoms with Gasteiger partial charge < -0.3 is 20.1 Å². The molecule has 180 valence electrons. The summed E-state index contributed by atoms with van der Waals surface area (Å²) in [5.74, 6) is -1.56. The smallest absolute Gasteiger partial charge is 0.407 e. The third-order valence-corrected chi connectivity index (χ3v) is 6.42. The minimum absolute atomic E-state index is 0.00962. The largest absolute Gasteiger partial charge is 0.481 e. The van der Waals surface area contributed by atoms with Crippen molar-refractivity contribution in [2.75, 3.05) is 19.7 Å². The highest BCUT2D eigenvalue weighted by molar-refractivity contribution is 5.80. The molecule has 1 saturated heterocycles. The summed E-state index contributed by atoms with van der Waals surface area (Å²) in [5, 5.41) is 10.9. The molecule has 2 aromatic carbocycles. The van der Waals surface area contributed by atoms with E-state index >= 15 is 0 Å². The van der Waals surface area contributed by atoms with Gasteiger partial charge in [-0.25, -0.2) is 13.6 Å². The minimum atomic E-state index is -2.94. The summed E-state index contributed by atoms with van der Waals surface area (Å²) in [7, 11) is 0. The molecular weight excluding hydrogens is 446 g/mol. The zero-order chi connectivity index (χ0) is 24.2. The number of fused-ring (bicyclic) bond motifs is 3. The predicted octanol–water partition coefficient (Wildman–Crippen LogP) is 3.87. The van der Waals surface area contributed by atoms with E-state index in [2.05, 4.69) is 5.32 Å². The number of carboxylic acids is 1. The van der Waals surface area contributed by atoms with Crippen LogP contribution in [0.5, 0.6) is 0 Å². The molecule has 0 aromatic heterocycles. The van der Waals surface area contributed by atoms with E-state index in [4.69, 9.17) is 9.84 Å². The van der Waals surface area contributed by atoms with Gasteiger partial charge in [-0.1, -0.05) is 48.5 Å². The normalized spacial score (nSPS) is 15.9. The third kappa shape index (κ3) is 5.18. The first-order valence-corrected chi connectivity index (χ1v) is 11.2. The summed E-state index contributed by atoms with van der Waals surface area (Å²) in [4.78, 5) is 36.7. The van der Waals surface area contributed by atoms with Crippen LogP contribution >= 0.6 is 0 Å². The van der Waals surface area contributed by atoms with Gasteiger partial charge in [-0.2, -0.15) is 0 Å². The number of carboxylic acid groups (broad SMARTS) is 1. The van der Waals surface area contributed by atoms with Crippen molar-refractivity contribution in [1.29, 1.82) is 0 Å². The Morgan fingerprint density at radius 3 is 2.18 bits per heavy atom. The molecule has 0 radical (unpaired) electrons. The lowest BCUT2D eigenvalue weighted by Gasteiger charge is -2.39. The molecule has 9 heteroatoms. The van der Waals surface area contributed by atoms with Crippen LogP contribution < -0.4 is 5.32 Å². The molecule has 1 aliphatic heterocycles. The molecule has 7 nitrogen and oxygen atoms in total. The number of benzene rings is 2. The van der Waals surface area contributed by atoms with Crippen LogP contribution in [0.2, 0.25) is 0 Å². The van der Waals surface area contributed by atoms with Crippen LogP contribution in [0.3, 0.4) is 0 Å². The van der Waals surface area contributed by atoms with Gasteiger partial charge in [0.1, 0.15) is 12.6 Å². The number of hydrogen-bond acceptors (Lipinski definition) is 4. The molecule has 1 atom stereocenters. The Balaban J connectivity index is 1.29. The van der Waals surface area contributed by atoms with Crippen LogP contribution in [0.15, 0.2) is 48.5 Å². The Hall–Kier alpha value is -3.49. The quantitative estimate of drug-likeness (QED) is 0.578.